The lowest BCUT2D eigenvalue weighted by atomic mass is 10.0. The SMILES string of the molecule is CN=C(NCC(C)c1ccccc1)NCC(C)(C)SC. The third kappa shape index (κ3) is 5.87. The van der Waals surface area contributed by atoms with Crippen LogP contribution < -0.4 is 10.6 Å². The van der Waals surface area contributed by atoms with Gasteiger partial charge in [0.05, 0.1) is 0 Å². The minimum absolute atomic E-state index is 0.211. The largest absolute Gasteiger partial charge is 0.356 e. The van der Waals surface area contributed by atoms with Gasteiger partial charge in [0.15, 0.2) is 5.96 Å². The standard InChI is InChI=1S/C16H27N3S/c1-13(14-9-7-6-8-10-14)11-18-15(17-4)19-12-16(2,3)20-5/h6-10,13H,11-12H2,1-5H3,(H2,17,18,19). The number of thioether (sulfide) groups is 1. The predicted octanol–water partition coefficient (Wildman–Crippen LogP) is 3.10. The molecule has 0 fully saturated rings. The number of hydrogen-bond acceptors (Lipinski definition) is 2. The highest BCUT2D eigenvalue weighted by atomic mass is 32.2. The van der Waals surface area contributed by atoms with Crippen LogP contribution in [0.5, 0.6) is 0 Å². The zero-order chi connectivity index (χ0) is 15.0. The van der Waals surface area contributed by atoms with E-state index in [1.165, 1.54) is 5.56 Å². The molecule has 0 aliphatic rings. The number of benzene rings is 1. The van der Waals surface area contributed by atoms with Gasteiger partial charge in [0.25, 0.3) is 0 Å². The van der Waals surface area contributed by atoms with Crippen LogP contribution >= 0.6 is 11.8 Å². The van der Waals surface area contributed by atoms with Crippen LogP contribution in [0.4, 0.5) is 0 Å². The normalized spacial score (nSPS) is 13.9. The Kier molecular flexibility index (Phi) is 6.93. The van der Waals surface area contributed by atoms with Crippen LogP contribution in [0.2, 0.25) is 0 Å². The fourth-order valence-electron chi connectivity index (χ4n) is 1.74. The van der Waals surface area contributed by atoms with Gasteiger partial charge in [-0.25, -0.2) is 0 Å². The molecule has 1 aromatic carbocycles. The Morgan fingerprint density at radius 2 is 1.90 bits per heavy atom. The lowest BCUT2D eigenvalue weighted by Gasteiger charge is -2.24. The van der Waals surface area contributed by atoms with E-state index in [1.54, 1.807) is 0 Å². The number of nitrogens with one attached hydrogen (secondary N) is 2. The molecule has 1 atom stereocenters. The van der Waals surface area contributed by atoms with Gasteiger partial charge in [-0.2, -0.15) is 11.8 Å². The van der Waals surface area contributed by atoms with E-state index in [1.807, 2.05) is 18.8 Å². The van der Waals surface area contributed by atoms with E-state index in [4.69, 9.17) is 0 Å². The molecule has 0 aliphatic carbocycles. The monoisotopic (exact) mass is 293 g/mol. The first-order valence-corrected chi connectivity index (χ1v) is 8.25. The highest BCUT2D eigenvalue weighted by molar-refractivity contribution is 7.99. The van der Waals surface area contributed by atoms with Crippen LogP contribution in [-0.4, -0.2) is 37.1 Å². The molecule has 1 unspecified atom stereocenters. The van der Waals surface area contributed by atoms with Crippen LogP contribution in [0.1, 0.15) is 32.3 Å². The van der Waals surface area contributed by atoms with Crippen LogP contribution in [0, 0.1) is 0 Å². The summed E-state index contributed by atoms with van der Waals surface area (Å²) in [5.74, 6) is 1.33. The zero-order valence-electron chi connectivity index (χ0n) is 13.2. The molecule has 0 radical (unpaired) electrons. The van der Waals surface area contributed by atoms with Crippen LogP contribution in [0.15, 0.2) is 35.3 Å². The van der Waals surface area contributed by atoms with E-state index in [0.717, 1.165) is 19.0 Å². The van der Waals surface area contributed by atoms with Gasteiger partial charge in [-0.1, -0.05) is 37.3 Å². The first-order chi connectivity index (χ1) is 9.48. The Morgan fingerprint density at radius 1 is 1.25 bits per heavy atom. The van der Waals surface area contributed by atoms with E-state index in [2.05, 4.69) is 73.0 Å². The molecule has 0 aromatic heterocycles. The molecule has 112 valence electrons. The van der Waals surface area contributed by atoms with Crippen molar-refractivity contribution in [2.45, 2.75) is 31.4 Å². The molecule has 0 heterocycles. The molecule has 20 heavy (non-hydrogen) atoms. The smallest absolute Gasteiger partial charge is 0.191 e. The molecule has 0 bridgehead atoms. The third-order valence-corrected chi connectivity index (χ3v) is 4.65. The first-order valence-electron chi connectivity index (χ1n) is 7.03. The summed E-state index contributed by atoms with van der Waals surface area (Å²) in [4.78, 5) is 4.28. The number of nitrogens with zero attached hydrogens (tertiary/aromatic N) is 1. The Bertz CT molecular complexity index is 415. The Balaban J connectivity index is 2.42. The summed E-state index contributed by atoms with van der Waals surface area (Å²) in [6, 6.07) is 10.5. The summed E-state index contributed by atoms with van der Waals surface area (Å²) in [5, 5.41) is 6.78. The van der Waals surface area contributed by atoms with Gasteiger partial charge in [-0.05, 0) is 31.6 Å². The maximum absolute atomic E-state index is 4.28. The number of aliphatic imine (C=N–C) groups is 1. The van der Waals surface area contributed by atoms with E-state index < -0.39 is 0 Å². The van der Waals surface area contributed by atoms with Crippen LogP contribution in [0.25, 0.3) is 0 Å². The molecule has 0 amide bonds. The van der Waals surface area contributed by atoms with Gasteiger partial charge in [0.1, 0.15) is 0 Å². The molecule has 0 saturated heterocycles. The average molecular weight is 293 g/mol. The van der Waals surface area contributed by atoms with Crippen molar-refractivity contribution in [1.82, 2.24) is 10.6 Å². The lowest BCUT2D eigenvalue weighted by Crippen LogP contribution is -2.44. The highest BCUT2D eigenvalue weighted by Gasteiger charge is 2.16. The summed E-state index contributed by atoms with van der Waals surface area (Å²) < 4.78 is 0.211. The van der Waals surface area contributed by atoms with Crippen LogP contribution in [-0.2, 0) is 0 Å². The van der Waals surface area contributed by atoms with Crippen molar-refractivity contribution in [3.8, 4) is 0 Å². The van der Waals surface area contributed by atoms with E-state index in [-0.39, 0.29) is 4.75 Å². The van der Waals surface area contributed by atoms with Gasteiger partial charge in [-0.15, -0.1) is 0 Å². The molecule has 3 nitrogen and oxygen atoms in total. The van der Waals surface area contributed by atoms with Crippen molar-refractivity contribution in [2.75, 3.05) is 26.4 Å². The summed E-state index contributed by atoms with van der Waals surface area (Å²) in [6.07, 6.45) is 2.13. The summed E-state index contributed by atoms with van der Waals surface area (Å²) in [5.41, 5.74) is 1.35. The number of guanidine groups is 1. The molecule has 1 rings (SSSR count). The fourth-order valence-corrected chi connectivity index (χ4v) is 1.96. The topological polar surface area (TPSA) is 36.4 Å². The second-order valence-corrected chi connectivity index (χ2v) is 7.10. The number of hydrogen-bond donors (Lipinski definition) is 2. The molecular formula is C16H27N3S. The first kappa shape index (κ1) is 16.9. The number of rotatable bonds is 6. The van der Waals surface area contributed by atoms with E-state index in [9.17, 15) is 0 Å². The second kappa shape index (κ2) is 8.20. The van der Waals surface area contributed by atoms with Crippen molar-refractivity contribution in [3.63, 3.8) is 0 Å². The highest BCUT2D eigenvalue weighted by Crippen LogP contribution is 2.19. The lowest BCUT2D eigenvalue weighted by molar-refractivity contribution is 0.650. The minimum Gasteiger partial charge on any atom is -0.356 e. The van der Waals surface area contributed by atoms with Crippen molar-refractivity contribution in [3.05, 3.63) is 35.9 Å². The molecule has 0 spiro atoms. The van der Waals surface area contributed by atoms with E-state index >= 15 is 0 Å². The molecule has 0 saturated carbocycles. The Labute approximate surface area is 127 Å². The van der Waals surface area contributed by atoms with E-state index in [0.29, 0.717) is 5.92 Å². The third-order valence-electron chi connectivity index (χ3n) is 3.40. The maximum atomic E-state index is 4.28. The average Bonchev–Trinajstić information content (AvgIpc) is 2.48. The predicted molar refractivity (Wildman–Crippen MR) is 91.8 cm³/mol. The van der Waals surface area contributed by atoms with Gasteiger partial charge in [0.2, 0.25) is 0 Å². The van der Waals surface area contributed by atoms with Gasteiger partial charge < -0.3 is 10.6 Å². The van der Waals surface area contributed by atoms with Crippen molar-refractivity contribution in [2.24, 2.45) is 4.99 Å². The maximum Gasteiger partial charge on any atom is 0.191 e. The van der Waals surface area contributed by atoms with Gasteiger partial charge >= 0.3 is 0 Å². The zero-order valence-corrected chi connectivity index (χ0v) is 14.1. The summed E-state index contributed by atoms with van der Waals surface area (Å²) in [6.45, 7) is 8.45. The molecule has 0 aliphatic heterocycles. The summed E-state index contributed by atoms with van der Waals surface area (Å²) in [7, 11) is 1.81. The quantitative estimate of drug-likeness (QED) is 0.625. The molecule has 2 N–H and O–H groups in total. The molecule has 1 aromatic rings. The fraction of sp³-hybridized carbons (Fsp3) is 0.562. The molecular weight excluding hydrogens is 266 g/mol. The second-order valence-electron chi connectivity index (χ2n) is 5.58. The summed E-state index contributed by atoms with van der Waals surface area (Å²) >= 11 is 1.86. The Hall–Kier alpha value is -1.16. The van der Waals surface area contributed by atoms with Crippen molar-refractivity contribution < 1.29 is 0 Å². The van der Waals surface area contributed by atoms with Gasteiger partial charge in [-0.3, -0.25) is 4.99 Å². The van der Waals surface area contributed by atoms with Gasteiger partial charge in [0, 0.05) is 24.9 Å². The van der Waals surface area contributed by atoms with Crippen molar-refractivity contribution in [1.29, 1.82) is 0 Å². The minimum atomic E-state index is 0.211. The van der Waals surface area contributed by atoms with Crippen molar-refractivity contribution >= 4 is 17.7 Å². The molecule has 4 heteroatoms. The Morgan fingerprint density at radius 3 is 2.45 bits per heavy atom. The van der Waals surface area contributed by atoms with Crippen LogP contribution in [0.3, 0.4) is 0 Å².